The summed E-state index contributed by atoms with van der Waals surface area (Å²) >= 11 is 23.0. The molecule has 1 aromatic rings. The summed E-state index contributed by atoms with van der Waals surface area (Å²) in [5, 5.41) is 0. The molecule has 0 atom stereocenters. The molecule has 0 aliphatic carbocycles. The molecular formula is C7H7Cl4P. The van der Waals surface area contributed by atoms with Crippen LogP contribution < -0.4 is 0 Å². The first-order valence-corrected chi connectivity index (χ1v) is 9.30. The Morgan fingerprint density at radius 1 is 0.917 bits per heavy atom. The molecule has 0 N–H and O–H groups in total. The summed E-state index contributed by atoms with van der Waals surface area (Å²) in [5.41, 5.74) is 0.949. The van der Waals surface area contributed by atoms with Crippen LogP contribution in [-0.4, -0.2) is 0 Å². The van der Waals surface area contributed by atoms with Crippen molar-refractivity contribution in [3.05, 3.63) is 35.9 Å². The number of hydrogen-bond donors (Lipinski definition) is 0. The summed E-state index contributed by atoms with van der Waals surface area (Å²) in [6.07, 6.45) is 0.318. The molecule has 0 aliphatic rings. The predicted octanol–water partition coefficient (Wildman–Crippen LogP) is 5.36. The summed E-state index contributed by atoms with van der Waals surface area (Å²) in [6, 6.07) is 9.45. The van der Waals surface area contributed by atoms with E-state index in [1.165, 1.54) is 0 Å². The number of rotatable bonds is 2. The third-order valence-corrected chi connectivity index (χ3v) is 3.54. The van der Waals surface area contributed by atoms with E-state index in [2.05, 4.69) is 0 Å². The van der Waals surface area contributed by atoms with Crippen molar-refractivity contribution in [2.24, 2.45) is 0 Å². The molecule has 1 rings (SSSR count). The van der Waals surface area contributed by atoms with Crippen molar-refractivity contribution in [3.8, 4) is 0 Å². The third-order valence-electron chi connectivity index (χ3n) is 1.26. The number of halogens is 4. The van der Waals surface area contributed by atoms with Crippen LogP contribution in [0.2, 0.25) is 0 Å². The maximum atomic E-state index is 5.75. The Morgan fingerprint density at radius 2 is 1.42 bits per heavy atom. The average Bonchev–Trinajstić information content (AvgIpc) is 1.83. The molecular weight excluding hydrogens is 257 g/mol. The standard InChI is InChI=1S/C7H7Cl4P/c8-12(9,10,11)6-7-4-2-1-3-5-7/h1-5H,6H2. The Kier molecular flexibility index (Phi) is 3.19. The zero-order chi connectivity index (χ0) is 9.27. The quantitative estimate of drug-likeness (QED) is 0.631. The van der Waals surface area contributed by atoms with E-state index >= 15 is 0 Å². The molecule has 1 aromatic carbocycles. The van der Waals surface area contributed by atoms with E-state index in [0.29, 0.717) is 6.16 Å². The molecule has 68 valence electrons. The van der Waals surface area contributed by atoms with Crippen molar-refractivity contribution in [1.29, 1.82) is 0 Å². The first kappa shape index (κ1) is 10.9. The minimum atomic E-state index is -3.47. The first-order valence-electron chi connectivity index (χ1n) is 3.26. The summed E-state index contributed by atoms with van der Waals surface area (Å²) in [7, 11) is 0. The number of benzene rings is 1. The summed E-state index contributed by atoms with van der Waals surface area (Å²) < 4.78 is -3.47. The van der Waals surface area contributed by atoms with Crippen molar-refractivity contribution in [3.63, 3.8) is 0 Å². The third kappa shape index (κ3) is 4.74. The fourth-order valence-electron chi connectivity index (χ4n) is 0.859. The van der Waals surface area contributed by atoms with Gasteiger partial charge in [0, 0.05) is 0 Å². The second kappa shape index (κ2) is 3.52. The summed E-state index contributed by atoms with van der Waals surface area (Å²) in [4.78, 5) is 0. The molecule has 0 amide bonds. The van der Waals surface area contributed by atoms with Gasteiger partial charge in [0.1, 0.15) is 0 Å². The van der Waals surface area contributed by atoms with Crippen LogP contribution in [0.25, 0.3) is 0 Å². The van der Waals surface area contributed by atoms with Crippen LogP contribution in [0.4, 0.5) is 0 Å². The van der Waals surface area contributed by atoms with Gasteiger partial charge < -0.3 is 0 Å². The van der Waals surface area contributed by atoms with Crippen LogP contribution in [0.5, 0.6) is 0 Å². The molecule has 0 radical (unpaired) electrons. The first-order chi connectivity index (χ1) is 5.33. The van der Waals surface area contributed by atoms with Crippen molar-refractivity contribution < 1.29 is 0 Å². The van der Waals surface area contributed by atoms with Gasteiger partial charge in [0.2, 0.25) is 0 Å². The van der Waals surface area contributed by atoms with Gasteiger partial charge in [-0.2, -0.15) is 0 Å². The molecule has 0 nitrogen and oxygen atoms in total. The molecule has 5 heteroatoms. The maximum absolute atomic E-state index is 5.75. The topological polar surface area (TPSA) is 0 Å². The van der Waals surface area contributed by atoms with Crippen LogP contribution >= 0.6 is 49.0 Å². The Labute approximate surface area is 90.8 Å². The van der Waals surface area contributed by atoms with Crippen LogP contribution in [0.3, 0.4) is 0 Å². The van der Waals surface area contributed by atoms with E-state index in [-0.39, 0.29) is 0 Å². The van der Waals surface area contributed by atoms with Gasteiger partial charge in [0.05, 0.1) is 0 Å². The molecule has 0 heterocycles. The Hall–Kier alpha value is 0.810. The van der Waals surface area contributed by atoms with Gasteiger partial charge in [-0.1, -0.05) is 0 Å². The van der Waals surface area contributed by atoms with Crippen molar-refractivity contribution >= 4 is 49.0 Å². The van der Waals surface area contributed by atoms with Gasteiger partial charge in [0.25, 0.3) is 0 Å². The van der Waals surface area contributed by atoms with Crippen LogP contribution in [0, 0.1) is 0 Å². The summed E-state index contributed by atoms with van der Waals surface area (Å²) in [6.45, 7) is 0. The zero-order valence-electron chi connectivity index (χ0n) is 6.05. The van der Waals surface area contributed by atoms with Crippen LogP contribution in [0.15, 0.2) is 30.3 Å². The van der Waals surface area contributed by atoms with Gasteiger partial charge in [-0.3, -0.25) is 0 Å². The fraction of sp³-hybridized carbons (Fsp3) is 0.143. The molecule has 0 saturated heterocycles. The molecule has 0 unspecified atom stereocenters. The molecule has 0 fully saturated rings. The molecule has 0 saturated carbocycles. The predicted molar refractivity (Wildman–Crippen MR) is 60.5 cm³/mol. The van der Waals surface area contributed by atoms with E-state index in [1.54, 1.807) is 0 Å². The van der Waals surface area contributed by atoms with Crippen molar-refractivity contribution in [1.82, 2.24) is 0 Å². The Morgan fingerprint density at radius 3 is 1.83 bits per heavy atom. The van der Waals surface area contributed by atoms with E-state index < -0.39 is 4.01 Å². The van der Waals surface area contributed by atoms with Crippen LogP contribution in [0.1, 0.15) is 5.56 Å². The van der Waals surface area contributed by atoms with Gasteiger partial charge in [-0.05, 0) is 0 Å². The van der Waals surface area contributed by atoms with Gasteiger partial charge in [0.15, 0.2) is 0 Å². The molecule has 12 heavy (non-hydrogen) atoms. The zero-order valence-corrected chi connectivity index (χ0v) is 9.97. The minimum absolute atomic E-state index is 0.318. The Balaban J connectivity index is 2.79. The van der Waals surface area contributed by atoms with Gasteiger partial charge in [-0.25, -0.2) is 0 Å². The van der Waals surface area contributed by atoms with Crippen LogP contribution in [-0.2, 0) is 6.16 Å². The molecule has 0 spiro atoms. The van der Waals surface area contributed by atoms with E-state index in [9.17, 15) is 0 Å². The normalized spacial score (nSPS) is 15.2. The SMILES string of the molecule is ClP(Cl)(Cl)(Cl)Cc1ccccc1. The van der Waals surface area contributed by atoms with Gasteiger partial charge >= 0.3 is 91.0 Å². The van der Waals surface area contributed by atoms with E-state index in [0.717, 1.165) is 5.56 Å². The van der Waals surface area contributed by atoms with Crippen molar-refractivity contribution in [2.75, 3.05) is 0 Å². The Bertz CT molecular complexity index is 254. The summed E-state index contributed by atoms with van der Waals surface area (Å²) in [5.74, 6) is 0. The molecule has 0 bridgehead atoms. The molecule has 0 aromatic heterocycles. The van der Waals surface area contributed by atoms with Crippen molar-refractivity contribution in [2.45, 2.75) is 6.16 Å². The number of hydrogen-bond acceptors (Lipinski definition) is 0. The monoisotopic (exact) mass is 262 g/mol. The van der Waals surface area contributed by atoms with E-state index in [1.807, 2.05) is 30.3 Å². The second-order valence-corrected chi connectivity index (χ2v) is 16.6. The van der Waals surface area contributed by atoms with E-state index in [4.69, 9.17) is 45.0 Å². The average molecular weight is 264 g/mol. The fourth-order valence-corrected chi connectivity index (χ4v) is 3.28. The second-order valence-electron chi connectivity index (χ2n) is 2.51. The van der Waals surface area contributed by atoms with Gasteiger partial charge in [-0.15, -0.1) is 0 Å². The molecule has 0 aliphatic heterocycles.